The molecule has 4 aliphatic carbocycles. The molecule has 4 bridgehead atoms. The van der Waals surface area contributed by atoms with Crippen LogP contribution < -0.4 is 4.74 Å². The van der Waals surface area contributed by atoms with Crippen LogP contribution in [0.25, 0.3) is 0 Å². The van der Waals surface area contributed by atoms with E-state index < -0.39 is 0 Å². The minimum absolute atomic E-state index is 0.00391. The molecule has 4 fully saturated rings. The molecule has 174 valence electrons. The lowest BCUT2D eigenvalue weighted by Gasteiger charge is -2.57. The van der Waals surface area contributed by atoms with Crippen molar-refractivity contribution in [2.24, 2.45) is 17.8 Å². The van der Waals surface area contributed by atoms with Crippen LogP contribution in [0.15, 0.2) is 42.5 Å². The molecule has 1 atom stereocenters. The molecule has 4 saturated carbocycles. The predicted molar refractivity (Wildman–Crippen MR) is 128 cm³/mol. The Bertz CT molecular complexity index is 1010. The number of rotatable bonds is 7. The van der Waals surface area contributed by atoms with E-state index in [1.807, 2.05) is 37.3 Å². The number of hydrogen-bond acceptors (Lipinski definition) is 4. The van der Waals surface area contributed by atoms with Gasteiger partial charge in [0.25, 0.3) is 0 Å². The Morgan fingerprint density at radius 2 is 1.70 bits per heavy atom. The second-order valence-electron chi connectivity index (χ2n) is 10.2. The topological polar surface area (TPSA) is 47.9 Å². The quantitative estimate of drug-likeness (QED) is 0.457. The smallest absolute Gasteiger partial charge is 0.191 e. The van der Waals surface area contributed by atoms with Crippen LogP contribution in [0.4, 0.5) is 0 Å². The van der Waals surface area contributed by atoms with Crippen molar-refractivity contribution in [3.8, 4) is 17.6 Å². The summed E-state index contributed by atoms with van der Waals surface area (Å²) >= 11 is 0. The average Bonchev–Trinajstić information content (AvgIpc) is 2.82. The minimum Gasteiger partial charge on any atom is -0.467 e. The van der Waals surface area contributed by atoms with E-state index in [4.69, 9.17) is 14.2 Å². The molecule has 33 heavy (non-hydrogen) atoms. The Kier molecular flexibility index (Phi) is 6.47. The van der Waals surface area contributed by atoms with Gasteiger partial charge in [0.1, 0.15) is 5.75 Å². The molecule has 0 heterocycles. The average molecular weight is 447 g/mol. The lowest BCUT2D eigenvalue weighted by atomic mass is 9.48. The van der Waals surface area contributed by atoms with Gasteiger partial charge in [-0.25, -0.2) is 0 Å². The highest BCUT2D eigenvalue weighted by Gasteiger charge is 2.52. The number of hydrogen-bond donors (Lipinski definition) is 1. The highest BCUT2D eigenvalue weighted by molar-refractivity contribution is 5.52. The summed E-state index contributed by atoms with van der Waals surface area (Å²) in [6.07, 6.45) is 7.69. The zero-order chi connectivity index (χ0) is 22.8. The van der Waals surface area contributed by atoms with Crippen molar-refractivity contribution < 1.29 is 19.3 Å². The molecule has 0 aliphatic heterocycles. The molecule has 0 saturated heterocycles. The maximum Gasteiger partial charge on any atom is 0.191 e. The molecule has 0 radical (unpaired) electrons. The van der Waals surface area contributed by atoms with Gasteiger partial charge in [-0.3, -0.25) is 0 Å². The molecule has 1 unspecified atom stereocenters. The van der Waals surface area contributed by atoms with Crippen LogP contribution in [-0.2, 0) is 21.5 Å². The van der Waals surface area contributed by atoms with Crippen molar-refractivity contribution in [2.45, 2.75) is 63.8 Å². The van der Waals surface area contributed by atoms with E-state index in [9.17, 15) is 5.11 Å². The molecule has 4 heteroatoms. The van der Waals surface area contributed by atoms with Crippen molar-refractivity contribution in [2.75, 3.05) is 13.9 Å². The summed E-state index contributed by atoms with van der Waals surface area (Å²) in [6.45, 7) is 2.03. The van der Waals surface area contributed by atoms with E-state index in [2.05, 4.69) is 24.0 Å². The standard InChI is InChI=1S/C29H34O4/c1-20(31-2)32-19-33-28-10-8-21(7-9-25-5-3-4-6-26(25)18-30)14-27(28)29-15-22-11-23(16-29)13-24(12-22)17-29/h3-6,8,10,14,20,22-24,30H,11-13,15-19H2,1-2H3. The number of ether oxygens (including phenoxy) is 3. The predicted octanol–water partition coefficient (Wildman–Crippen LogP) is 5.39. The van der Waals surface area contributed by atoms with E-state index >= 15 is 0 Å². The largest absolute Gasteiger partial charge is 0.467 e. The zero-order valence-corrected chi connectivity index (χ0v) is 19.7. The van der Waals surface area contributed by atoms with E-state index in [1.54, 1.807) is 7.11 Å². The van der Waals surface area contributed by atoms with Crippen LogP contribution in [0, 0.1) is 29.6 Å². The molecule has 2 aromatic rings. The molecular weight excluding hydrogens is 412 g/mol. The molecule has 0 spiro atoms. The summed E-state index contributed by atoms with van der Waals surface area (Å²) in [7, 11) is 1.63. The third kappa shape index (κ3) is 4.68. The minimum atomic E-state index is -0.301. The Balaban J connectivity index is 1.47. The molecule has 6 rings (SSSR count). The number of benzene rings is 2. The normalized spacial score (nSPS) is 28.3. The molecule has 0 aromatic heterocycles. The Labute approximate surface area is 197 Å². The van der Waals surface area contributed by atoms with Crippen LogP contribution in [-0.4, -0.2) is 25.3 Å². The van der Waals surface area contributed by atoms with E-state index in [-0.39, 0.29) is 25.1 Å². The fraction of sp³-hybridized carbons (Fsp3) is 0.517. The van der Waals surface area contributed by atoms with Crippen LogP contribution in [0.5, 0.6) is 5.75 Å². The van der Waals surface area contributed by atoms with E-state index in [0.29, 0.717) is 0 Å². The summed E-state index contributed by atoms with van der Waals surface area (Å²) in [4.78, 5) is 0. The maximum atomic E-state index is 9.63. The van der Waals surface area contributed by atoms with Gasteiger partial charge in [0.05, 0.1) is 6.61 Å². The molecule has 4 nitrogen and oxygen atoms in total. The first kappa shape index (κ1) is 22.5. The van der Waals surface area contributed by atoms with Crippen molar-refractivity contribution in [1.29, 1.82) is 0 Å². The monoisotopic (exact) mass is 446 g/mol. The van der Waals surface area contributed by atoms with Gasteiger partial charge >= 0.3 is 0 Å². The van der Waals surface area contributed by atoms with Gasteiger partial charge in [-0.15, -0.1) is 0 Å². The first-order valence-electron chi connectivity index (χ1n) is 12.2. The van der Waals surface area contributed by atoms with Crippen LogP contribution >= 0.6 is 0 Å². The van der Waals surface area contributed by atoms with Crippen molar-refractivity contribution in [3.63, 3.8) is 0 Å². The second-order valence-corrected chi connectivity index (χ2v) is 10.2. The lowest BCUT2D eigenvalue weighted by Crippen LogP contribution is -2.48. The van der Waals surface area contributed by atoms with Gasteiger partial charge in [-0.1, -0.05) is 30.0 Å². The highest BCUT2D eigenvalue weighted by atomic mass is 16.7. The van der Waals surface area contributed by atoms with Crippen LogP contribution in [0.1, 0.15) is 67.7 Å². The number of methoxy groups -OCH3 is 1. The summed E-state index contributed by atoms with van der Waals surface area (Å²) in [6, 6.07) is 14.1. The maximum absolute atomic E-state index is 9.63. The Morgan fingerprint density at radius 1 is 1.00 bits per heavy atom. The van der Waals surface area contributed by atoms with Gasteiger partial charge in [0.15, 0.2) is 13.1 Å². The zero-order valence-electron chi connectivity index (χ0n) is 19.7. The fourth-order valence-corrected chi connectivity index (χ4v) is 6.77. The van der Waals surface area contributed by atoms with Crippen molar-refractivity contribution in [3.05, 3.63) is 64.7 Å². The van der Waals surface area contributed by atoms with Gasteiger partial charge in [0.2, 0.25) is 0 Å². The first-order valence-corrected chi connectivity index (χ1v) is 12.2. The van der Waals surface area contributed by atoms with Crippen molar-refractivity contribution >= 4 is 0 Å². The summed E-state index contributed by atoms with van der Waals surface area (Å²) < 4.78 is 17.0. The third-order valence-corrected chi connectivity index (χ3v) is 7.97. The van der Waals surface area contributed by atoms with Crippen LogP contribution in [0.2, 0.25) is 0 Å². The fourth-order valence-electron chi connectivity index (χ4n) is 6.77. The van der Waals surface area contributed by atoms with Crippen molar-refractivity contribution in [1.82, 2.24) is 0 Å². The third-order valence-electron chi connectivity index (χ3n) is 7.97. The Morgan fingerprint density at radius 3 is 2.36 bits per heavy atom. The molecular formula is C29H34O4. The van der Waals surface area contributed by atoms with E-state index in [0.717, 1.165) is 40.2 Å². The Hall–Kier alpha value is -2.32. The second kappa shape index (κ2) is 9.50. The van der Waals surface area contributed by atoms with E-state index in [1.165, 1.54) is 44.1 Å². The highest BCUT2D eigenvalue weighted by Crippen LogP contribution is 2.61. The number of aliphatic hydroxyl groups excluding tert-OH is 1. The lowest BCUT2D eigenvalue weighted by molar-refractivity contribution is -0.150. The van der Waals surface area contributed by atoms with Gasteiger partial charge < -0.3 is 19.3 Å². The molecule has 4 aliphatic rings. The van der Waals surface area contributed by atoms with Gasteiger partial charge in [-0.05, 0) is 98.4 Å². The molecule has 0 amide bonds. The first-order chi connectivity index (χ1) is 16.1. The number of aliphatic hydroxyl groups is 1. The summed E-state index contributed by atoms with van der Waals surface area (Å²) in [5.74, 6) is 10.1. The van der Waals surface area contributed by atoms with Crippen LogP contribution in [0.3, 0.4) is 0 Å². The molecule has 1 N–H and O–H groups in total. The molecule has 2 aromatic carbocycles. The van der Waals surface area contributed by atoms with Gasteiger partial charge in [-0.2, -0.15) is 0 Å². The SMILES string of the molecule is COC(C)OCOc1ccc(C#Cc2ccccc2CO)cc1C12CC3CC(CC(C3)C1)C2. The van der Waals surface area contributed by atoms with Gasteiger partial charge in [0, 0.05) is 23.8 Å². The summed E-state index contributed by atoms with van der Waals surface area (Å²) in [5, 5.41) is 9.63. The summed E-state index contributed by atoms with van der Waals surface area (Å²) in [5.41, 5.74) is 4.22.